The third-order valence-electron chi connectivity index (χ3n) is 3.74. The molecule has 0 saturated carbocycles. The van der Waals surface area contributed by atoms with Crippen LogP contribution >= 0.6 is 0 Å². The molecule has 0 aromatic rings. The first-order valence-corrected chi connectivity index (χ1v) is 9.56. The number of hydrogen-bond acceptors (Lipinski definition) is 5. The quantitative estimate of drug-likeness (QED) is 0.290. The van der Waals surface area contributed by atoms with E-state index >= 15 is 0 Å². The fraction of sp³-hybridized carbons (Fsp3) is 0.944. The molecule has 138 valence electrons. The second-order valence-corrected chi connectivity index (χ2v) is 6.05. The van der Waals surface area contributed by atoms with E-state index in [-0.39, 0.29) is 5.97 Å². The number of unbranched alkanes of at least 4 members (excludes halogenated alkanes) is 9. The Morgan fingerprint density at radius 1 is 0.783 bits per heavy atom. The molecule has 0 aliphatic heterocycles. The van der Waals surface area contributed by atoms with Gasteiger partial charge in [-0.3, -0.25) is 4.79 Å². The van der Waals surface area contributed by atoms with Crippen LogP contribution in [0.2, 0.25) is 0 Å². The van der Waals surface area contributed by atoms with Gasteiger partial charge in [0.1, 0.15) is 0 Å². The molecule has 0 aliphatic carbocycles. The van der Waals surface area contributed by atoms with Gasteiger partial charge in [0.25, 0.3) is 0 Å². The van der Waals surface area contributed by atoms with Crippen molar-refractivity contribution in [2.75, 3.05) is 19.8 Å². The number of hydrogen-bond donors (Lipinski definition) is 2. The summed E-state index contributed by atoms with van der Waals surface area (Å²) in [5, 5.41) is 0. The fourth-order valence-corrected chi connectivity index (χ4v) is 2.28. The van der Waals surface area contributed by atoms with Gasteiger partial charge in [0.2, 0.25) is 0 Å². The van der Waals surface area contributed by atoms with E-state index in [2.05, 4.69) is 24.9 Å². The van der Waals surface area contributed by atoms with E-state index in [1.165, 1.54) is 51.4 Å². The van der Waals surface area contributed by atoms with Gasteiger partial charge in [0, 0.05) is 19.6 Å². The molecule has 2 N–H and O–H groups in total. The highest BCUT2D eigenvalue weighted by Crippen LogP contribution is 2.07. The highest BCUT2D eigenvalue weighted by Gasteiger charge is 2.02. The van der Waals surface area contributed by atoms with Gasteiger partial charge < -0.3 is 9.57 Å². The first-order valence-electron chi connectivity index (χ1n) is 9.56. The van der Waals surface area contributed by atoms with Crippen LogP contribution < -0.4 is 11.0 Å². The van der Waals surface area contributed by atoms with Crippen LogP contribution in [0.15, 0.2) is 0 Å². The minimum atomic E-state index is -0.204. The molecule has 0 spiro atoms. The zero-order chi connectivity index (χ0) is 17.0. The molecule has 5 nitrogen and oxygen atoms in total. The molecule has 5 heteroatoms. The molecule has 0 aromatic carbocycles. The number of carbonyl (C=O) groups is 1. The van der Waals surface area contributed by atoms with E-state index in [0.29, 0.717) is 19.6 Å². The Kier molecular flexibility index (Phi) is 18.8. The predicted molar refractivity (Wildman–Crippen MR) is 94.8 cm³/mol. The van der Waals surface area contributed by atoms with Crippen LogP contribution in [0.5, 0.6) is 0 Å². The first-order chi connectivity index (χ1) is 11.3. The molecule has 0 heterocycles. The fourth-order valence-electron chi connectivity index (χ4n) is 2.28. The lowest BCUT2D eigenvalue weighted by atomic mass is 10.1. The van der Waals surface area contributed by atoms with Crippen molar-refractivity contribution < 1.29 is 14.4 Å². The van der Waals surface area contributed by atoms with Gasteiger partial charge in [-0.05, 0) is 12.8 Å². The molecule has 0 bridgehead atoms. The summed E-state index contributed by atoms with van der Waals surface area (Å²) < 4.78 is 5.49. The van der Waals surface area contributed by atoms with E-state index < -0.39 is 0 Å². The maximum atomic E-state index is 11.4. The Balaban J connectivity index is 3.11. The molecule has 0 unspecified atom stereocenters. The van der Waals surface area contributed by atoms with Gasteiger partial charge in [-0.1, -0.05) is 77.2 Å². The summed E-state index contributed by atoms with van der Waals surface area (Å²) in [5.41, 5.74) is 5.31. The van der Waals surface area contributed by atoms with Gasteiger partial charge >= 0.3 is 5.97 Å². The SMILES string of the molecule is CCCCCCCCC(=O)ONNCCOCCCCCCC. The molecular weight excluding hydrogens is 292 g/mol. The largest absolute Gasteiger partial charge is 0.380 e. The van der Waals surface area contributed by atoms with Crippen molar-refractivity contribution in [1.29, 1.82) is 0 Å². The van der Waals surface area contributed by atoms with Crippen LogP contribution in [-0.2, 0) is 14.4 Å². The molecule has 0 fully saturated rings. The Labute approximate surface area is 142 Å². The minimum absolute atomic E-state index is 0.204. The van der Waals surface area contributed by atoms with Crippen molar-refractivity contribution >= 4 is 5.97 Å². The number of carbonyl (C=O) groups excluding carboxylic acids is 1. The average molecular weight is 331 g/mol. The van der Waals surface area contributed by atoms with E-state index in [4.69, 9.17) is 9.57 Å². The summed E-state index contributed by atoms with van der Waals surface area (Å²) in [7, 11) is 0. The number of ether oxygens (including phenoxy) is 1. The monoisotopic (exact) mass is 330 g/mol. The van der Waals surface area contributed by atoms with Gasteiger partial charge in [-0.25, -0.2) is 5.43 Å². The lowest BCUT2D eigenvalue weighted by molar-refractivity contribution is -0.154. The van der Waals surface area contributed by atoms with Crippen LogP contribution in [0.25, 0.3) is 0 Å². The summed E-state index contributed by atoms with van der Waals surface area (Å²) >= 11 is 0. The standard InChI is InChI=1S/C18H38N2O3/c1-3-5-7-9-10-12-14-18(21)23-20-19-15-17-22-16-13-11-8-6-4-2/h19-20H,3-17H2,1-2H3. The second kappa shape index (κ2) is 19.4. The molecule has 0 rings (SSSR count). The Morgan fingerprint density at radius 3 is 2.09 bits per heavy atom. The maximum Gasteiger partial charge on any atom is 0.326 e. The van der Waals surface area contributed by atoms with Crippen LogP contribution in [0.4, 0.5) is 0 Å². The highest BCUT2D eigenvalue weighted by molar-refractivity contribution is 5.68. The Bertz CT molecular complexity index is 250. The molecule has 0 aromatic heterocycles. The smallest absolute Gasteiger partial charge is 0.326 e. The number of hydrazine groups is 1. The first kappa shape index (κ1) is 22.4. The number of rotatable bonds is 18. The maximum absolute atomic E-state index is 11.4. The minimum Gasteiger partial charge on any atom is -0.380 e. The average Bonchev–Trinajstić information content (AvgIpc) is 2.56. The summed E-state index contributed by atoms with van der Waals surface area (Å²) in [4.78, 5) is 16.3. The zero-order valence-corrected chi connectivity index (χ0v) is 15.3. The third-order valence-corrected chi connectivity index (χ3v) is 3.74. The molecule has 0 radical (unpaired) electrons. The van der Waals surface area contributed by atoms with Crippen LogP contribution in [0.3, 0.4) is 0 Å². The van der Waals surface area contributed by atoms with Crippen molar-refractivity contribution in [3.63, 3.8) is 0 Å². The lowest BCUT2D eigenvalue weighted by Gasteiger charge is -2.08. The van der Waals surface area contributed by atoms with Crippen molar-refractivity contribution in [2.24, 2.45) is 0 Å². The summed E-state index contributed by atoms with van der Waals surface area (Å²) in [5.74, 6) is -0.204. The van der Waals surface area contributed by atoms with Crippen molar-refractivity contribution in [2.45, 2.75) is 90.9 Å². The normalized spacial score (nSPS) is 10.9. The van der Waals surface area contributed by atoms with Gasteiger partial charge in [0.05, 0.1) is 6.61 Å². The van der Waals surface area contributed by atoms with Crippen molar-refractivity contribution in [1.82, 2.24) is 11.0 Å². The topological polar surface area (TPSA) is 59.6 Å². The van der Waals surface area contributed by atoms with Crippen molar-refractivity contribution in [3.8, 4) is 0 Å². The molecule has 23 heavy (non-hydrogen) atoms. The van der Waals surface area contributed by atoms with Crippen molar-refractivity contribution in [3.05, 3.63) is 0 Å². The number of nitrogens with one attached hydrogen (secondary N) is 2. The third kappa shape index (κ3) is 19.3. The summed E-state index contributed by atoms with van der Waals surface area (Å²) in [6.07, 6.45) is 13.8. The van der Waals surface area contributed by atoms with Crippen LogP contribution in [0, 0.1) is 0 Å². The molecular formula is C18H38N2O3. The second-order valence-electron chi connectivity index (χ2n) is 6.05. The van der Waals surface area contributed by atoms with Gasteiger partial charge in [-0.2, -0.15) is 0 Å². The molecule has 0 atom stereocenters. The van der Waals surface area contributed by atoms with E-state index in [1.807, 2.05) is 0 Å². The summed E-state index contributed by atoms with van der Waals surface area (Å²) in [6, 6.07) is 0. The Morgan fingerprint density at radius 2 is 1.39 bits per heavy atom. The van der Waals surface area contributed by atoms with Crippen LogP contribution in [0.1, 0.15) is 90.9 Å². The molecule has 0 amide bonds. The van der Waals surface area contributed by atoms with E-state index in [9.17, 15) is 4.79 Å². The lowest BCUT2D eigenvalue weighted by Crippen LogP contribution is -2.36. The summed E-state index contributed by atoms with van der Waals surface area (Å²) in [6.45, 7) is 6.47. The van der Waals surface area contributed by atoms with Gasteiger partial charge in [0.15, 0.2) is 0 Å². The van der Waals surface area contributed by atoms with Crippen LogP contribution in [-0.4, -0.2) is 25.7 Å². The Hall–Kier alpha value is -0.650. The zero-order valence-electron chi connectivity index (χ0n) is 15.3. The van der Waals surface area contributed by atoms with Gasteiger partial charge in [-0.15, -0.1) is 0 Å². The molecule has 0 aliphatic rings. The predicted octanol–water partition coefficient (Wildman–Crippen LogP) is 4.28. The van der Waals surface area contributed by atoms with E-state index in [0.717, 1.165) is 25.9 Å². The highest BCUT2D eigenvalue weighted by atomic mass is 16.7. The molecule has 0 saturated heterocycles. The van der Waals surface area contributed by atoms with E-state index in [1.54, 1.807) is 0 Å².